The van der Waals surface area contributed by atoms with Crippen LogP contribution in [0.5, 0.6) is 0 Å². The van der Waals surface area contributed by atoms with Gasteiger partial charge in [0.15, 0.2) is 5.13 Å². The summed E-state index contributed by atoms with van der Waals surface area (Å²) >= 11 is 2.84. The van der Waals surface area contributed by atoms with Gasteiger partial charge in [-0.2, -0.15) is 0 Å². The first kappa shape index (κ1) is 9.34. The van der Waals surface area contributed by atoms with Crippen LogP contribution in [0.3, 0.4) is 0 Å². The van der Waals surface area contributed by atoms with E-state index in [9.17, 15) is 4.79 Å². The van der Waals surface area contributed by atoms with Gasteiger partial charge in [-0.05, 0) is 0 Å². The number of thiazole rings is 1. The van der Waals surface area contributed by atoms with Crippen molar-refractivity contribution >= 4 is 34.2 Å². The molecular weight excluding hydrogens is 196 g/mol. The largest absolute Gasteiger partial charge is 0.481 e. The van der Waals surface area contributed by atoms with Crippen LogP contribution in [0.25, 0.3) is 0 Å². The molecule has 66 valence electrons. The third kappa shape index (κ3) is 3.10. The van der Waals surface area contributed by atoms with E-state index in [4.69, 9.17) is 10.8 Å². The van der Waals surface area contributed by atoms with Gasteiger partial charge in [-0.1, -0.05) is 11.3 Å². The maximum Gasteiger partial charge on any atom is 0.304 e. The van der Waals surface area contributed by atoms with E-state index >= 15 is 0 Å². The number of hydrogen-bond donors (Lipinski definition) is 2. The highest BCUT2D eigenvalue weighted by molar-refractivity contribution is 8.01. The molecule has 1 heterocycles. The molecule has 4 nitrogen and oxygen atoms in total. The Balaban J connectivity index is 2.29. The van der Waals surface area contributed by atoms with Crippen LogP contribution in [0, 0.1) is 0 Å². The summed E-state index contributed by atoms with van der Waals surface area (Å²) in [5, 5.41) is 8.87. The number of aliphatic carboxylic acids is 1. The Hall–Kier alpha value is -0.750. The normalized spacial score (nSPS) is 10.0. The topological polar surface area (TPSA) is 76.2 Å². The molecule has 0 aliphatic carbocycles. The smallest absolute Gasteiger partial charge is 0.304 e. The van der Waals surface area contributed by atoms with Crippen molar-refractivity contribution in [3.05, 3.63) is 6.20 Å². The Bertz CT molecular complexity index is 274. The van der Waals surface area contributed by atoms with Gasteiger partial charge in [-0.3, -0.25) is 4.79 Å². The average Bonchev–Trinajstić information content (AvgIpc) is 2.35. The Morgan fingerprint density at radius 2 is 2.58 bits per heavy atom. The van der Waals surface area contributed by atoms with E-state index in [0.717, 1.165) is 4.21 Å². The zero-order chi connectivity index (χ0) is 8.97. The number of nitrogen functional groups attached to an aromatic ring is 1. The van der Waals surface area contributed by atoms with Crippen LogP contribution in [0.15, 0.2) is 10.4 Å². The van der Waals surface area contributed by atoms with Crippen LogP contribution in [0.2, 0.25) is 0 Å². The van der Waals surface area contributed by atoms with Crippen LogP contribution in [0.1, 0.15) is 6.42 Å². The number of carboxylic acid groups (broad SMARTS) is 1. The molecule has 0 aliphatic rings. The average molecular weight is 204 g/mol. The van der Waals surface area contributed by atoms with E-state index in [1.807, 2.05) is 0 Å². The third-order valence-electron chi connectivity index (χ3n) is 1.06. The highest BCUT2D eigenvalue weighted by Gasteiger charge is 2.01. The molecule has 0 amide bonds. The highest BCUT2D eigenvalue weighted by Crippen LogP contribution is 2.26. The van der Waals surface area contributed by atoms with E-state index < -0.39 is 5.97 Å². The fourth-order valence-corrected chi connectivity index (χ4v) is 2.34. The molecule has 3 N–H and O–H groups in total. The van der Waals surface area contributed by atoms with Crippen molar-refractivity contribution in [3.8, 4) is 0 Å². The molecule has 1 rings (SSSR count). The number of anilines is 1. The second kappa shape index (κ2) is 4.32. The molecule has 0 unspecified atom stereocenters. The van der Waals surface area contributed by atoms with E-state index in [2.05, 4.69) is 4.98 Å². The lowest BCUT2D eigenvalue weighted by Gasteiger charge is -1.91. The van der Waals surface area contributed by atoms with Gasteiger partial charge in [0.2, 0.25) is 0 Å². The van der Waals surface area contributed by atoms with Gasteiger partial charge in [0.1, 0.15) is 0 Å². The molecular formula is C6H8N2O2S2. The molecule has 0 aromatic carbocycles. The monoisotopic (exact) mass is 204 g/mol. The highest BCUT2D eigenvalue weighted by atomic mass is 32.2. The van der Waals surface area contributed by atoms with Crippen LogP contribution < -0.4 is 5.73 Å². The molecule has 0 saturated heterocycles. The SMILES string of the molecule is Nc1ncc(SCCC(=O)O)s1. The summed E-state index contributed by atoms with van der Waals surface area (Å²) in [5.41, 5.74) is 5.39. The lowest BCUT2D eigenvalue weighted by atomic mass is 10.5. The van der Waals surface area contributed by atoms with E-state index in [1.54, 1.807) is 6.20 Å². The molecule has 0 fully saturated rings. The first-order valence-corrected chi connectivity index (χ1v) is 5.04. The van der Waals surface area contributed by atoms with Crippen molar-refractivity contribution in [1.82, 2.24) is 4.98 Å². The maximum absolute atomic E-state index is 10.1. The number of nitrogens with zero attached hydrogens (tertiary/aromatic N) is 1. The lowest BCUT2D eigenvalue weighted by Crippen LogP contribution is -1.95. The second-order valence-electron chi connectivity index (χ2n) is 2.01. The summed E-state index contributed by atoms with van der Waals surface area (Å²) < 4.78 is 0.966. The van der Waals surface area contributed by atoms with Gasteiger partial charge in [0.05, 0.1) is 16.8 Å². The summed E-state index contributed by atoms with van der Waals surface area (Å²) in [7, 11) is 0. The number of hydrogen-bond acceptors (Lipinski definition) is 5. The summed E-state index contributed by atoms with van der Waals surface area (Å²) in [6, 6.07) is 0. The number of aromatic nitrogens is 1. The molecule has 0 spiro atoms. The van der Waals surface area contributed by atoms with Crippen molar-refractivity contribution in [2.45, 2.75) is 10.6 Å². The summed E-state index contributed by atoms with van der Waals surface area (Å²) in [6.45, 7) is 0. The van der Waals surface area contributed by atoms with E-state index in [-0.39, 0.29) is 6.42 Å². The molecule has 0 aliphatic heterocycles. The van der Waals surface area contributed by atoms with Gasteiger partial charge >= 0.3 is 5.97 Å². The Kier molecular flexibility index (Phi) is 3.36. The molecule has 1 aromatic rings. The first-order valence-electron chi connectivity index (χ1n) is 3.24. The predicted octanol–water partition coefficient (Wildman–Crippen LogP) is 1.29. The lowest BCUT2D eigenvalue weighted by molar-refractivity contribution is -0.136. The molecule has 0 atom stereocenters. The van der Waals surface area contributed by atoms with Gasteiger partial charge < -0.3 is 10.8 Å². The first-order chi connectivity index (χ1) is 5.68. The maximum atomic E-state index is 10.1. The zero-order valence-corrected chi connectivity index (χ0v) is 7.82. The van der Waals surface area contributed by atoms with Crippen molar-refractivity contribution < 1.29 is 9.90 Å². The third-order valence-corrected chi connectivity index (χ3v) is 3.09. The Labute approximate surface area is 77.8 Å². The standard InChI is InChI=1S/C6H8N2O2S2/c7-6-8-3-5(12-6)11-2-1-4(9)10/h3H,1-2H2,(H2,7,8)(H,9,10). The van der Waals surface area contributed by atoms with Crippen LogP contribution in [-0.4, -0.2) is 21.8 Å². The van der Waals surface area contributed by atoms with Crippen molar-refractivity contribution in [1.29, 1.82) is 0 Å². The number of thioether (sulfide) groups is 1. The number of carboxylic acids is 1. The molecule has 12 heavy (non-hydrogen) atoms. The molecule has 1 aromatic heterocycles. The van der Waals surface area contributed by atoms with Gasteiger partial charge in [0.25, 0.3) is 0 Å². The molecule has 0 radical (unpaired) electrons. The minimum atomic E-state index is -0.778. The zero-order valence-electron chi connectivity index (χ0n) is 6.19. The van der Waals surface area contributed by atoms with E-state index in [0.29, 0.717) is 10.9 Å². The van der Waals surface area contributed by atoms with Gasteiger partial charge in [0, 0.05) is 5.75 Å². The quantitative estimate of drug-likeness (QED) is 0.723. The fourth-order valence-electron chi connectivity index (χ4n) is 0.578. The minimum absolute atomic E-state index is 0.169. The second-order valence-corrected chi connectivity index (χ2v) is 4.47. The van der Waals surface area contributed by atoms with Crippen molar-refractivity contribution in [2.24, 2.45) is 0 Å². The molecule has 0 bridgehead atoms. The van der Waals surface area contributed by atoms with Crippen molar-refractivity contribution in [3.63, 3.8) is 0 Å². The summed E-state index contributed by atoms with van der Waals surface area (Å²) in [4.78, 5) is 14.0. The van der Waals surface area contributed by atoms with E-state index in [1.165, 1.54) is 23.1 Å². The number of carbonyl (C=O) groups is 1. The van der Waals surface area contributed by atoms with Crippen LogP contribution >= 0.6 is 23.1 Å². The number of rotatable bonds is 4. The molecule has 6 heteroatoms. The summed E-state index contributed by atoms with van der Waals surface area (Å²) in [5.74, 6) is -0.211. The molecule has 0 saturated carbocycles. The Morgan fingerprint density at radius 3 is 3.08 bits per heavy atom. The van der Waals surface area contributed by atoms with Gasteiger partial charge in [-0.15, -0.1) is 11.8 Å². The number of nitrogens with two attached hydrogens (primary N) is 1. The summed E-state index contributed by atoms with van der Waals surface area (Å²) in [6.07, 6.45) is 1.83. The van der Waals surface area contributed by atoms with Gasteiger partial charge in [-0.25, -0.2) is 4.98 Å². The minimum Gasteiger partial charge on any atom is -0.481 e. The predicted molar refractivity (Wildman–Crippen MR) is 49.5 cm³/mol. The Morgan fingerprint density at radius 1 is 1.83 bits per heavy atom. The fraction of sp³-hybridized carbons (Fsp3) is 0.333. The van der Waals surface area contributed by atoms with Crippen molar-refractivity contribution in [2.75, 3.05) is 11.5 Å². The van der Waals surface area contributed by atoms with Crippen LogP contribution in [0.4, 0.5) is 5.13 Å². The van der Waals surface area contributed by atoms with Crippen LogP contribution in [-0.2, 0) is 4.79 Å².